The number of rotatable bonds is 7. The number of carboxylic acid groups (broad SMARTS) is 1. The summed E-state index contributed by atoms with van der Waals surface area (Å²) >= 11 is 0. The second-order valence-electron chi connectivity index (χ2n) is 3.70. The fourth-order valence-electron chi connectivity index (χ4n) is 1.36. The molecular formula is C12H17NO4. The Morgan fingerprint density at radius 2 is 2.29 bits per heavy atom. The molecule has 0 aliphatic rings. The van der Waals surface area contributed by atoms with Crippen LogP contribution in [0.1, 0.15) is 12.8 Å². The average Bonchev–Trinajstić information content (AvgIpc) is 2.34. The molecule has 3 N–H and O–H groups in total. The van der Waals surface area contributed by atoms with Crippen LogP contribution in [0.5, 0.6) is 5.75 Å². The van der Waals surface area contributed by atoms with Crippen LogP contribution in [0.2, 0.25) is 0 Å². The highest BCUT2D eigenvalue weighted by Crippen LogP contribution is 2.16. The van der Waals surface area contributed by atoms with E-state index in [4.69, 9.17) is 9.84 Å². The Kier molecular flexibility index (Phi) is 5.29. The molecule has 5 nitrogen and oxygen atoms in total. The predicted molar refractivity (Wildman–Crippen MR) is 64.4 cm³/mol. The van der Waals surface area contributed by atoms with Crippen LogP contribution in [0.4, 0.5) is 5.69 Å². The number of hydrogen-bond acceptors (Lipinski definition) is 4. The molecule has 0 fully saturated rings. The first-order chi connectivity index (χ1) is 8.11. The lowest BCUT2D eigenvalue weighted by atomic mass is 10.2. The molecule has 1 aromatic carbocycles. The minimum atomic E-state index is -0.898. The minimum Gasteiger partial charge on any atom is -0.497 e. The summed E-state index contributed by atoms with van der Waals surface area (Å²) in [5, 5.41) is 21.0. The van der Waals surface area contributed by atoms with E-state index in [0.29, 0.717) is 6.54 Å². The van der Waals surface area contributed by atoms with E-state index in [9.17, 15) is 9.90 Å². The maximum Gasteiger partial charge on any atom is 0.303 e. The molecule has 0 radical (unpaired) electrons. The van der Waals surface area contributed by atoms with Crippen molar-refractivity contribution in [3.05, 3.63) is 24.3 Å². The monoisotopic (exact) mass is 239 g/mol. The second-order valence-corrected chi connectivity index (χ2v) is 3.70. The highest BCUT2D eigenvalue weighted by Gasteiger charge is 2.07. The molecule has 0 bridgehead atoms. The third-order valence-electron chi connectivity index (χ3n) is 2.30. The summed E-state index contributed by atoms with van der Waals surface area (Å²) < 4.78 is 5.06. The zero-order valence-electron chi connectivity index (χ0n) is 9.72. The van der Waals surface area contributed by atoms with Gasteiger partial charge in [-0.05, 0) is 18.6 Å². The van der Waals surface area contributed by atoms with Crippen LogP contribution in [0.3, 0.4) is 0 Å². The molecule has 0 aromatic heterocycles. The summed E-state index contributed by atoms with van der Waals surface area (Å²) in [5.41, 5.74) is 0.832. The van der Waals surface area contributed by atoms with E-state index in [1.165, 1.54) is 0 Å². The summed E-state index contributed by atoms with van der Waals surface area (Å²) in [6.07, 6.45) is -0.454. The Morgan fingerprint density at radius 3 is 2.94 bits per heavy atom. The quantitative estimate of drug-likeness (QED) is 0.669. The minimum absolute atomic E-state index is 0.0268. The first-order valence-corrected chi connectivity index (χ1v) is 5.39. The van der Waals surface area contributed by atoms with Gasteiger partial charge in [0.2, 0.25) is 0 Å². The van der Waals surface area contributed by atoms with Crippen molar-refractivity contribution in [2.24, 2.45) is 0 Å². The largest absolute Gasteiger partial charge is 0.497 e. The summed E-state index contributed by atoms with van der Waals surface area (Å²) in [5.74, 6) is -0.166. The Labute approximate surface area is 100 Å². The van der Waals surface area contributed by atoms with E-state index < -0.39 is 12.1 Å². The number of aliphatic carboxylic acids is 1. The third-order valence-corrected chi connectivity index (χ3v) is 2.30. The van der Waals surface area contributed by atoms with Gasteiger partial charge in [-0.2, -0.15) is 0 Å². The molecule has 0 saturated heterocycles. The summed E-state index contributed by atoms with van der Waals surface area (Å²) in [7, 11) is 1.58. The van der Waals surface area contributed by atoms with Gasteiger partial charge in [0.1, 0.15) is 5.75 Å². The van der Waals surface area contributed by atoms with Crippen LogP contribution in [0.25, 0.3) is 0 Å². The number of anilines is 1. The molecule has 17 heavy (non-hydrogen) atoms. The standard InChI is InChI=1S/C12H17NO4/c1-17-11-4-2-3-9(7-11)13-8-10(14)5-6-12(15)16/h2-4,7,10,13-14H,5-6,8H2,1H3,(H,15,16). The molecule has 0 amide bonds. The normalized spacial score (nSPS) is 11.9. The van der Waals surface area contributed by atoms with Crippen molar-refractivity contribution in [2.75, 3.05) is 19.0 Å². The Hall–Kier alpha value is -1.75. The van der Waals surface area contributed by atoms with Crippen molar-refractivity contribution < 1.29 is 19.7 Å². The number of methoxy groups -OCH3 is 1. The number of aliphatic hydroxyl groups excluding tert-OH is 1. The van der Waals surface area contributed by atoms with Crippen molar-refractivity contribution in [3.8, 4) is 5.75 Å². The SMILES string of the molecule is COc1cccc(NCC(O)CCC(=O)O)c1. The van der Waals surface area contributed by atoms with Crippen molar-refractivity contribution in [1.82, 2.24) is 0 Å². The number of ether oxygens (including phenoxy) is 1. The van der Waals surface area contributed by atoms with Gasteiger partial charge in [0.05, 0.1) is 13.2 Å². The lowest BCUT2D eigenvalue weighted by molar-refractivity contribution is -0.137. The van der Waals surface area contributed by atoms with Crippen LogP contribution in [0.15, 0.2) is 24.3 Å². The number of aliphatic hydroxyl groups is 1. The van der Waals surface area contributed by atoms with Crippen molar-refractivity contribution in [1.29, 1.82) is 0 Å². The number of carbonyl (C=O) groups is 1. The molecule has 0 heterocycles. The molecule has 0 aliphatic heterocycles. The zero-order chi connectivity index (χ0) is 12.7. The fraction of sp³-hybridized carbons (Fsp3) is 0.417. The van der Waals surface area contributed by atoms with Crippen LogP contribution in [0, 0.1) is 0 Å². The average molecular weight is 239 g/mol. The Bertz CT molecular complexity index is 367. The Morgan fingerprint density at radius 1 is 1.53 bits per heavy atom. The van der Waals surface area contributed by atoms with Gasteiger partial charge in [-0.1, -0.05) is 6.07 Å². The van der Waals surface area contributed by atoms with Gasteiger partial charge in [-0.15, -0.1) is 0 Å². The topological polar surface area (TPSA) is 78.8 Å². The van der Waals surface area contributed by atoms with E-state index in [1.54, 1.807) is 7.11 Å². The number of hydrogen-bond donors (Lipinski definition) is 3. The van der Waals surface area contributed by atoms with Crippen LogP contribution >= 0.6 is 0 Å². The van der Waals surface area contributed by atoms with Crippen LogP contribution < -0.4 is 10.1 Å². The van der Waals surface area contributed by atoms with Gasteiger partial charge in [0.25, 0.3) is 0 Å². The first kappa shape index (κ1) is 13.3. The molecule has 1 aromatic rings. The van der Waals surface area contributed by atoms with Gasteiger partial charge < -0.3 is 20.3 Å². The highest BCUT2D eigenvalue weighted by atomic mass is 16.5. The van der Waals surface area contributed by atoms with Gasteiger partial charge in [-0.3, -0.25) is 4.79 Å². The lowest BCUT2D eigenvalue weighted by Gasteiger charge is -2.12. The second kappa shape index (κ2) is 6.75. The van der Waals surface area contributed by atoms with E-state index in [2.05, 4.69) is 5.32 Å². The number of benzene rings is 1. The summed E-state index contributed by atoms with van der Waals surface area (Å²) in [6, 6.07) is 7.33. The van der Waals surface area contributed by atoms with Crippen molar-refractivity contribution in [2.45, 2.75) is 18.9 Å². The predicted octanol–water partition coefficient (Wildman–Crippen LogP) is 1.33. The van der Waals surface area contributed by atoms with Gasteiger partial charge in [-0.25, -0.2) is 0 Å². The van der Waals surface area contributed by atoms with E-state index in [0.717, 1.165) is 11.4 Å². The molecule has 5 heteroatoms. The summed E-state index contributed by atoms with van der Waals surface area (Å²) in [4.78, 5) is 10.3. The highest BCUT2D eigenvalue weighted by molar-refractivity contribution is 5.66. The van der Waals surface area contributed by atoms with Crippen molar-refractivity contribution in [3.63, 3.8) is 0 Å². The zero-order valence-corrected chi connectivity index (χ0v) is 9.72. The van der Waals surface area contributed by atoms with Gasteiger partial charge in [0.15, 0.2) is 0 Å². The van der Waals surface area contributed by atoms with Crippen LogP contribution in [-0.4, -0.2) is 35.9 Å². The Balaban J connectivity index is 2.36. The maximum atomic E-state index is 10.3. The van der Waals surface area contributed by atoms with E-state index >= 15 is 0 Å². The molecular weight excluding hydrogens is 222 g/mol. The van der Waals surface area contributed by atoms with Gasteiger partial charge >= 0.3 is 5.97 Å². The molecule has 1 rings (SSSR count). The van der Waals surface area contributed by atoms with Gasteiger partial charge in [0, 0.05) is 24.7 Å². The summed E-state index contributed by atoms with van der Waals surface area (Å²) in [6.45, 7) is 0.320. The van der Waals surface area contributed by atoms with Crippen LogP contribution in [-0.2, 0) is 4.79 Å². The maximum absolute atomic E-state index is 10.3. The molecule has 94 valence electrons. The third kappa shape index (κ3) is 5.21. The number of nitrogens with one attached hydrogen (secondary N) is 1. The molecule has 0 spiro atoms. The molecule has 0 aliphatic carbocycles. The molecule has 1 atom stereocenters. The van der Waals surface area contributed by atoms with E-state index in [-0.39, 0.29) is 12.8 Å². The molecule has 0 saturated carbocycles. The lowest BCUT2D eigenvalue weighted by Crippen LogP contribution is -2.20. The van der Waals surface area contributed by atoms with Crippen molar-refractivity contribution >= 4 is 11.7 Å². The fourth-order valence-corrected chi connectivity index (χ4v) is 1.36. The molecule has 1 unspecified atom stereocenters. The smallest absolute Gasteiger partial charge is 0.303 e. The number of carboxylic acids is 1. The van der Waals surface area contributed by atoms with E-state index in [1.807, 2.05) is 24.3 Å². The first-order valence-electron chi connectivity index (χ1n) is 5.39.